The van der Waals surface area contributed by atoms with Gasteiger partial charge in [-0.3, -0.25) is 4.79 Å². The molecule has 0 atom stereocenters. The van der Waals surface area contributed by atoms with Gasteiger partial charge in [0.2, 0.25) is 6.79 Å². The maximum absolute atomic E-state index is 13.0. The third-order valence-corrected chi connectivity index (χ3v) is 6.26. The van der Waals surface area contributed by atoms with Gasteiger partial charge in [0.25, 0.3) is 5.56 Å². The number of anilines is 1. The lowest BCUT2D eigenvalue weighted by Gasteiger charge is -2.26. The van der Waals surface area contributed by atoms with Crippen LogP contribution in [-0.4, -0.2) is 21.8 Å². The molecule has 172 valence electrons. The summed E-state index contributed by atoms with van der Waals surface area (Å²) < 4.78 is 10.9. The van der Waals surface area contributed by atoms with Gasteiger partial charge in [0.05, 0.1) is 12.1 Å². The second-order valence-corrected chi connectivity index (χ2v) is 8.89. The zero-order valence-electron chi connectivity index (χ0n) is 19.1. The summed E-state index contributed by atoms with van der Waals surface area (Å²) in [6.45, 7) is 5.22. The third kappa shape index (κ3) is 4.61. The Balaban J connectivity index is 1.47. The van der Waals surface area contributed by atoms with Gasteiger partial charge in [-0.1, -0.05) is 48.0 Å². The van der Waals surface area contributed by atoms with Crippen LogP contribution in [0.25, 0.3) is 10.9 Å². The van der Waals surface area contributed by atoms with Crippen LogP contribution in [0.4, 0.5) is 5.69 Å². The number of aromatic nitrogens is 1. The summed E-state index contributed by atoms with van der Waals surface area (Å²) >= 11 is 5.82. The number of pyridine rings is 1. The SMILES string of the molecule is Cc1ccc(NC(=S)N(Cc2ccccc2)Cc2cc3cc4c(cc3[nH]c2=O)OCO4)c(C)c1. The first kappa shape index (κ1) is 22.0. The number of benzene rings is 3. The van der Waals surface area contributed by atoms with Crippen LogP contribution in [0.3, 0.4) is 0 Å². The van der Waals surface area contributed by atoms with E-state index < -0.39 is 0 Å². The number of H-pyrrole nitrogens is 1. The van der Waals surface area contributed by atoms with Gasteiger partial charge < -0.3 is 24.7 Å². The maximum atomic E-state index is 13.0. The summed E-state index contributed by atoms with van der Waals surface area (Å²) in [4.78, 5) is 18.0. The molecule has 2 N–H and O–H groups in total. The molecule has 0 spiro atoms. The van der Waals surface area contributed by atoms with Crippen LogP contribution in [0.15, 0.2) is 71.5 Å². The number of rotatable bonds is 5. The average molecular weight is 472 g/mol. The Labute approximate surface area is 203 Å². The van der Waals surface area contributed by atoms with Gasteiger partial charge in [0, 0.05) is 29.2 Å². The van der Waals surface area contributed by atoms with Gasteiger partial charge in [0.1, 0.15) is 0 Å². The van der Waals surface area contributed by atoms with Crippen molar-refractivity contribution in [2.24, 2.45) is 0 Å². The number of aryl methyl sites for hydroxylation is 2. The van der Waals surface area contributed by atoms with Crippen molar-refractivity contribution >= 4 is 33.9 Å². The Morgan fingerprint density at radius 3 is 2.53 bits per heavy atom. The molecule has 0 fully saturated rings. The lowest BCUT2D eigenvalue weighted by atomic mass is 10.1. The molecule has 2 heterocycles. The molecule has 0 unspecified atom stereocenters. The fourth-order valence-electron chi connectivity index (χ4n) is 4.12. The van der Waals surface area contributed by atoms with Gasteiger partial charge in [-0.05, 0) is 55.4 Å². The number of nitrogens with zero attached hydrogens (tertiary/aromatic N) is 1. The van der Waals surface area contributed by atoms with Crippen LogP contribution in [0.1, 0.15) is 22.3 Å². The van der Waals surface area contributed by atoms with E-state index in [2.05, 4.69) is 48.4 Å². The first-order valence-electron chi connectivity index (χ1n) is 11.1. The van der Waals surface area contributed by atoms with Crippen molar-refractivity contribution in [2.75, 3.05) is 12.1 Å². The van der Waals surface area contributed by atoms with E-state index in [1.165, 1.54) is 5.56 Å². The number of hydrogen-bond acceptors (Lipinski definition) is 4. The number of thiocarbonyl (C=S) groups is 1. The Kier molecular flexibility index (Phi) is 5.94. The zero-order chi connectivity index (χ0) is 23.7. The van der Waals surface area contributed by atoms with Crippen molar-refractivity contribution in [1.29, 1.82) is 0 Å². The van der Waals surface area contributed by atoms with E-state index in [4.69, 9.17) is 21.7 Å². The largest absolute Gasteiger partial charge is 0.454 e. The highest BCUT2D eigenvalue weighted by atomic mass is 32.1. The van der Waals surface area contributed by atoms with E-state index in [0.717, 1.165) is 22.2 Å². The van der Waals surface area contributed by atoms with E-state index in [-0.39, 0.29) is 12.4 Å². The van der Waals surface area contributed by atoms with E-state index in [1.807, 2.05) is 41.3 Å². The molecule has 0 saturated heterocycles. The number of aromatic amines is 1. The minimum absolute atomic E-state index is 0.154. The average Bonchev–Trinajstić information content (AvgIpc) is 3.27. The minimum atomic E-state index is -0.154. The van der Waals surface area contributed by atoms with Crippen LogP contribution in [0.5, 0.6) is 11.5 Å². The van der Waals surface area contributed by atoms with Gasteiger partial charge in [-0.15, -0.1) is 0 Å². The number of hydrogen-bond donors (Lipinski definition) is 2. The van der Waals surface area contributed by atoms with Gasteiger partial charge >= 0.3 is 0 Å². The molecule has 6 nitrogen and oxygen atoms in total. The number of fused-ring (bicyclic) bond motifs is 2. The predicted molar refractivity (Wildman–Crippen MR) is 139 cm³/mol. The van der Waals surface area contributed by atoms with E-state index in [9.17, 15) is 4.79 Å². The lowest BCUT2D eigenvalue weighted by Crippen LogP contribution is -2.35. The standard InChI is InChI=1S/C27H25N3O3S/c1-17-8-9-22(18(2)10-17)29-27(34)30(14-19-6-4-3-5-7-19)15-21-11-20-12-24-25(33-16-32-24)13-23(20)28-26(21)31/h3-13H,14-16H2,1-2H3,(H,28,31)(H,29,34). The molecule has 0 amide bonds. The molecule has 0 saturated carbocycles. The molecule has 0 bridgehead atoms. The molecule has 0 aliphatic carbocycles. The summed E-state index contributed by atoms with van der Waals surface area (Å²) in [5.74, 6) is 1.32. The summed E-state index contributed by atoms with van der Waals surface area (Å²) in [5, 5.41) is 4.81. The molecule has 1 aromatic heterocycles. The smallest absolute Gasteiger partial charge is 0.253 e. The third-order valence-electron chi connectivity index (χ3n) is 5.90. The van der Waals surface area contributed by atoms with Crippen LogP contribution in [0.2, 0.25) is 0 Å². The minimum Gasteiger partial charge on any atom is -0.454 e. The molecular weight excluding hydrogens is 446 g/mol. The van der Waals surface area contributed by atoms with Crippen LogP contribution in [0, 0.1) is 13.8 Å². The van der Waals surface area contributed by atoms with Crippen LogP contribution < -0.4 is 20.3 Å². The Morgan fingerprint density at radius 2 is 1.76 bits per heavy atom. The predicted octanol–water partition coefficient (Wildman–Crippen LogP) is 5.27. The van der Waals surface area contributed by atoms with E-state index in [1.54, 1.807) is 6.07 Å². The fourth-order valence-corrected chi connectivity index (χ4v) is 4.35. The molecular formula is C27H25N3O3S. The first-order chi connectivity index (χ1) is 16.5. The topological polar surface area (TPSA) is 66.6 Å². The van der Waals surface area contributed by atoms with Gasteiger partial charge in [0.15, 0.2) is 16.6 Å². The molecule has 1 aliphatic heterocycles. The van der Waals surface area contributed by atoms with Crippen molar-refractivity contribution in [2.45, 2.75) is 26.9 Å². The molecule has 3 aromatic carbocycles. The summed E-state index contributed by atoms with van der Waals surface area (Å²) in [7, 11) is 0. The van der Waals surface area contributed by atoms with Crippen molar-refractivity contribution < 1.29 is 9.47 Å². The lowest BCUT2D eigenvalue weighted by molar-refractivity contribution is 0.174. The monoisotopic (exact) mass is 471 g/mol. The maximum Gasteiger partial charge on any atom is 0.253 e. The Morgan fingerprint density at radius 1 is 1.00 bits per heavy atom. The van der Waals surface area contributed by atoms with Crippen molar-refractivity contribution in [1.82, 2.24) is 9.88 Å². The molecule has 5 rings (SSSR count). The molecule has 34 heavy (non-hydrogen) atoms. The highest BCUT2D eigenvalue weighted by molar-refractivity contribution is 7.80. The highest BCUT2D eigenvalue weighted by Crippen LogP contribution is 2.35. The first-order valence-corrected chi connectivity index (χ1v) is 11.5. The van der Waals surface area contributed by atoms with Crippen LogP contribution in [-0.2, 0) is 13.1 Å². The van der Waals surface area contributed by atoms with Crippen molar-refractivity contribution in [3.63, 3.8) is 0 Å². The summed E-state index contributed by atoms with van der Waals surface area (Å²) in [6, 6.07) is 21.9. The molecule has 4 aromatic rings. The van der Waals surface area contributed by atoms with E-state index in [0.29, 0.717) is 40.8 Å². The number of ether oxygens (including phenoxy) is 2. The van der Waals surface area contributed by atoms with Crippen molar-refractivity contribution in [3.8, 4) is 11.5 Å². The Bertz CT molecular complexity index is 1430. The zero-order valence-corrected chi connectivity index (χ0v) is 19.9. The van der Waals surface area contributed by atoms with E-state index >= 15 is 0 Å². The second-order valence-electron chi connectivity index (χ2n) is 8.51. The summed E-state index contributed by atoms with van der Waals surface area (Å²) in [5.41, 5.74) is 5.54. The van der Waals surface area contributed by atoms with Crippen LogP contribution >= 0.6 is 12.2 Å². The van der Waals surface area contributed by atoms with Crippen molar-refractivity contribution in [3.05, 3.63) is 99.3 Å². The normalized spacial score (nSPS) is 12.1. The molecule has 0 radical (unpaired) electrons. The Hall–Kier alpha value is -3.84. The number of nitrogens with one attached hydrogen (secondary N) is 2. The van der Waals surface area contributed by atoms with Gasteiger partial charge in [-0.2, -0.15) is 0 Å². The quantitative estimate of drug-likeness (QED) is 0.387. The second kappa shape index (κ2) is 9.19. The fraction of sp³-hybridized carbons (Fsp3) is 0.185. The summed E-state index contributed by atoms with van der Waals surface area (Å²) in [6.07, 6.45) is 0. The molecule has 7 heteroatoms. The highest BCUT2D eigenvalue weighted by Gasteiger charge is 2.18. The van der Waals surface area contributed by atoms with Gasteiger partial charge in [-0.25, -0.2) is 0 Å². The molecule has 1 aliphatic rings.